The first-order valence-corrected chi connectivity index (χ1v) is 14.0. The summed E-state index contributed by atoms with van der Waals surface area (Å²) in [7, 11) is -10.1. The van der Waals surface area contributed by atoms with Gasteiger partial charge in [-0.25, -0.2) is 9.13 Å². The molecule has 0 aliphatic heterocycles. The van der Waals surface area contributed by atoms with Crippen molar-refractivity contribution in [3.05, 3.63) is 28.8 Å². The highest BCUT2D eigenvalue weighted by molar-refractivity contribution is 7.60. The van der Waals surface area contributed by atoms with E-state index in [0.717, 1.165) is 16.9 Å². The Morgan fingerprint density at radius 2 is 1.11 bits per heavy atom. The fraction of sp³-hybridized carbons (Fsp3) is 0.727. The monoisotopic (exact) mass is 544 g/mol. The number of aliphatic hydroxyl groups is 3. The maximum absolute atomic E-state index is 9.63. The fourth-order valence-electron chi connectivity index (χ4n) is 2.90. The first-order chi connectivity index (χ1) is 15.5. The van der Waals surface area contributed by atoms with Gasteiger partial charge in [-0.1, -0.05) is 67.5 Å². The van der Waals surface area contributed by atoms with Crippen molar-refractivity contribution in [3.8, 4) is 5.75 Å². The second-order valence-electron chi connectivity index (χ2n) is 10.9. The lowest BCUT2D eigenvalue weighted by Crippen LogP contribution is -2.40. The number of hydrogen-bond donors (Lipinski definition) is 7. The minimum atomic E-state index is -5.05. The Bertz CT molecular complexity index is 838. The number of ether oxygens (including phenoxy) is 1. The Morgan fingerprint density at radius 3 is 1.31 bits per heavy atom. The van der Waals surface area contributed by atoms with Crippen molar-refractivity contribution < 1.29 is 53.1 Å². The Balaban J connectivity index is 0.00000109. The van der Waals surface area contributed by atoms with Crippen molar-refractivity contribution in [1.82, 2.24) is 0 Å². The molecule has 0 bridgehead atoms. The topological polar surface area (TPSA) is 194 Å². The van der Waals surface area contributed by atoms with E-state index in [1.807, 2.05) is 0 Å². The molecule has 0 aliphatic carbocycles. The van der Waals surface area contributed by atoms with E-state index < -0.39 is 21.1 Å². The van der Waals surface area contributed by atoms with Crippen LogP contribution < -0.4 is 4.74 Å². The molecule has 206 valence electrons. The molecule has 11 nitrogen and oxygen atoms in total. The van der Waals surface area contributed by atoms with Crippen LogP contribution in [0.15, 0.2) is 12.1 Å². The molecule has 0 heterocycles. The van der Waals surface area contributed by atoms with Crippen LogP contribution in [-0.4, -0.2) is 61.3 Å². The van der Waals surface area contributed by atoms with Gasteiger partial charge in [0, 0.05) is 11.1 Å². The summed E-state index contributed by atoms with van der Waals surface area (Å²) in [6.07, 6.45) is 0. The van der Waals surface area contributed by atoms with Gasteiger partial charge in [-0.2, -0.15) is 4.31 Å². The predicted octanol–water partition coefficient (Wildman–Crippen LogP) is 2.94. The molecule has 1 aromatic carbocycles. The fourth-order valence-corrected chi connectivity index (χ4v) is 4.01. The maximum atomic E-state index is 9.63. The lowest BCUT2D eigenvalue weighted by molar-refractivity contribution is -0.0265. The lowest BCUT2D eigenvalue weighted by atomic mass is 9.77. The minimum Gasteiger partial charge on any atom is -0.492 e. The quantitative estimate of drug-likeness (QED) is 0.226. The molecule has 1 aromatic rings. The molecule has 0 radical (unpaired) electrons. The third-order valence-electron chi connectivity index (χ3n) is 5.14. The van der Waals surface area contributed by atoms with Crippen molar-refractivity contribution in [2.24, 2.45) is 5.41 Å². The minimum absolute atomic E-state index is 0.0592. The molecular weight excluding hydrogens is 502 g/mol. The molecule has 0 unspecified atom stereocenters. The summed E-state index contributed by atoms with van der Waals surface area (Å²) in [5.74, 6) is 1.20. The van der Waals surface area contributed by atoms with Crippen LogP contribution >= 0.6 is 15.6 Å². The first kappa shape index (κ1) is 34.2. The summed E-state index contributed by atoms with van der Waals surface area (Å²) in [5, 5.41) is 28.9. The molecule has 7 N–H and O–H groups in total. The van der Waals surface area contributed by atoms with Gasteiger partial charge >= 0.3 is 15.6 Å². The summed E-state index contributed by atoms with van der Waals surface area (Å²) in [4.78, 5) is 31.0. The normalized spacial score (nSPS) is 13.5. The highest BCUT2D eigenvalue weighted by Gasteiger charge is 2.33. The van der Waals surface area contributed by atoms with E-state index in [0.29, 0.717) is 5.92 Å². The number of benzene rings is 1. The zero-order valence-corrected chi connectivity index (χ0v) is 23.5. The van der Waals surface area contributed by atoms with E-state index in [-0.39, 0.29) is 37.3 Å². The summed E-state index contributed by atoms with van der Waals surface area (Å²) in [6, 6.07) is 4.40. The molecule has 0 saturated heterocycles. The van der Waals surface area contributed by atoms with Crippen molar-refractivity contribution >= 4 is 15.6 Å². The maximum Gasteiger partial charge on any atom is 0.478 e. The van der Waals surface area contributed by atoms with Crippen LogP contribution in [0.4, 0.5) is 0 Å². The van der Waals surface area contributed by atoms with Crippen molar-refractivity contribution in [2.75, 3.05) is 26.4 Å². The predicted molar refractivity (Wildman–Crippen MR) is 132 cm³/mol. The summed E-state index contributed by atoms with van der Waals surface area (Å²) >= 11 is 0. The largest absolute Gasteiger partial charge is 0.492 e. The Labute approximate surface area is 207 Å². The van der Waals surface area contributed by atoms with Gasteiger partial charge in [0.25, 0.3) is 0 Å². The summed E-state index contributed by atoms with van der Waals surface area (Å²) in [5.41, 5.74) is 2.18. The second kappa shape index (κ2) is 12.6. The molecule has 35 heavy (non-hydrogen) atoms. The molecule has 0 amide bonds. The average molecular weight is 545 g/mol. The van der Waals surface area contributed by atoms with E-state index in [9.17, 15) is 24.4 Å². The Morgan fingerprint density at radius 1 is 0.771 bits per heavy atom. The third kappa shape index (κ3) is 11.8. The highest BCUT2D eigenvalue weighted by Crippen LogP contribution is 2.53. The summed E-state index contributed by atoms with van der Waals surface area (Å²) < 4.78 is 28.4. The van der Waals surface area contributed by atoms with Crippen molar-refractivity contribution in [2.45, 2.75) is 72.1 Å². The zero-order chi connectivity index (χ0) is 28.0. The van der Waals surface area contributed by atoms with Gasteiger partial charge < -0.3 is 39.6 Å². The van der Waals surface area contributed by atoms with Crippen LogP contribution in [0, 0.1) is 5.41 Å². The average Bonchev–Trinajstić information content (AvgIpc) is 2.65. The van der Waals surface area contributed by atoms with Crippen LogP contribution in [0.3, 0.4) is 0 Å². The lowest BCUT2D eigenvalue weighted by Gasteiger charge is -2.34. The molecular formula is C22H42O11P2. The van der Waals surface area contributed by atoms with Crippen LogP contribution in [0.2, 0.25) is 0 Å². The molecule has 0 saturated carbocycles. The van der Waals surface area contributed by atoms with Gasteiger partial charge in [-0.05, 0) is 22.3 Å². The number of aliphatic hydroxyl groups excluding tert-OH is 3. The van der Waals surface area contributed by atoms with E-state index in [1.54, 1.807) is 0 Å². The first-order valence-electron chi connectivity index (χ1n) is 11.0. The van der Waals surface area contributed by atoms with Crippen molar-refractivity contribution in [3.63, 3.8) is 0 Å². The molecule has 1 rings (SSSR count). The van der Waals surface area contributed by atoms with Gasteiger partial charge in [-0.15, -0.1) is 0 Å². The molecule has 13 heteroatoms. The molecule has 0 aliphatic rings. The zero-order valence-electron chi connectivity index (χ0n) is 21.7. The standard InChI is InChI=1S/C22H38O4.H4O7P2/c1-15(2)16-9-17(20(3,4)5)19(18(10-16)21(6,7)8)26-14-22(11-23,12-24)13-25;1-8(2,3)7-9(4,5)6/h9-10,15,23-25H,11-14H2,1-8H3;(H2,1,2,3)(H2,4,5,6). The number of hydrogen-bond acceptors (Lipinski definition) is 7. The van der Waals surface area contributed by atoms with E-state index in [4.69, 9.17) is 24.3 Å². The SMILES string of the molecule is CC(C)c1cc(C(C)(C)C)c(OCC(CO)(CO)CO)c(C(C)(C)C)c1.O=P(O)(O)OP(=O)(O)O. The number of rotatable bonds is 9. The van der Waals surface area contributed by atoms with E-state index in [1.165, 1.54) is 5.56 Å². The second-order valence-corrected chi connectivity index (χ2v) is 13.5. The molecule has 0 aromatic heterocycles. The van der Waals surface area contributed by atoms with Crippen LogP contribution in [0.1, 0.15) is 78.0 Å². The van der Waals surface area contributed by atoms with Gasteiger partial charge in [0.1, 0.15) is 12.4 Å². The van der Waals surface area contributed by atoms with Crippen molar-refractivity contribution in [1.29, 1.82) is 0 Å². The highest BCUT2D eigenvalue weighted by atomic mass is 31.3. The number of phosphoric acid groups is 2. The van der Waals surface area contributed by atoms with E-state index in [2.05, 4.69) is 71.8 Å². The molecule has 0 atom stereocenters. The Kier molecular flexibility index (Phi) is 12.3. The van der Waals surface area contributed by atoms with Gasteiger partial charge in [0.15, 0.2) is 0 Å². The summed E-state index contributed by atoms with van der Waals surface area (Å²) in [6.45, 7) is 16.4. The molecule has 0 spiro atoms. The van der Waals surface area contributed by atoms with Crippen LogP contribution in [0.25, 0.3) is 0 Å². The Hall–Kier alpha value is -0.840. The van der Waals surface area contributed by atoms with Gasteiger partial charge in [0.05, 0.1) is 25.2 Å². The van der Waals surface area contributed by atoms with E-state index >= 15 is 0 Å². The van der Waals surface area contributed by atoms with Gasteiger partial charge in [-0.3, -0.25) is 0 Å². The third-order valence-corrected chi connectivity index (χ3v) is 6.84. The van der Waals surface area contributed by atoms with Gasteiger partial charge in [0.2, 0.25) is 0 Å². The molecule has 0 fully saturated rings. The van der Waals surface area contributed by atoms with Crippen LogP contribution in [0.5, 0.6) is 5.75 Å². The van der Waals surface area contributed by atoms with Crippen LogP contribution in [-0.2, 0) is 24.3 Å². The smallest absolute Gasteiger partial charge is 0.478 e.